The number of unbranched alkanes of at least 4 members (excludes halogenated alkanes) is 2. The summed E-state index contributed by atoms with van der Waals surface area (Å²) in [5.74, 6) is 0. The van der Waals surface area contributed by atoms with Gasteiger partial charge in [-0.15, -0.1) is 0 Å². The minimum atomic E-state index is -3.67. The second-order valence-corrected chi connectivity index (χ2v) is 5.91. The van der Waals surface area contributed by atoms with Crippen LogP contribution in [-0.4, -0.2) is 23.8 Å². The van der Waals surface area contributed by atoms with Crippen molar-refractivity contribution in [1.29, 1.82) is 0 Å². The first-order chi connectivity index (χ1) is 8.36. The average molecular weight is 275 g/mol. The lowest BCUT2D eigenvalue weighted by Crippen LogP contribution is -1.93. The van der Waals surface area contributed by atoms with E-state index in [-0.39, 0.29) is 0 Å². The van der Waals surface area contributed by atoms with Gasteiger partial charge in [-0.1, -0.05) is 33.1 Å². The van der Waals surface area contributed by atoms with Crippen LogP contribution in [0.15, 0.2) is 18.5 Å². The van der Waals surface area contributed by atoms with E-state index in [1.54, 1.807) is 0 Å². The highest BCUT2D eigenvalue weighted by Gasteiger charge is 1.95. The number of aromatic nitrogens is 1. The molecule has 0 atom stereocenters. The molecule has 0 aromatic carbocycles. The molecule has 18 heavy (non-hydrogen) atoms. The van der Waals surface area contributed by atoms with E-state index in [2.05, 4.69) is 36.9 Å². The average Bonchev–Trinajstić information content (AvgIpc) is 2.64. The highest BCUT2D eigenvalue weighted by molar-refractivity contribution is 7.85. The summed E-state index contributed by atoms with van der Waals surface area (Å²) >= 11 is 0. The molecule has 0 aliphatic rings. The van der Waals surface area contributed by atoms with Gasteiger partial charge in [0.1, 0.15) is 0 Å². The Kier molecular flexibility index (Phi) is 8.75. The van der Waals surface area contributed by atoms with Crippen LogP contribution in [0.5, 0.6) is 0 Å². The number of aryl methyl sites for hydroxylation is 2. The standard InChI is InChI=1S/C12H21N.CH4O3S/c1-3-5-6-9-13-10-8-12(11-13)7-4-2;1-5(2,3)4/h8,10-11H,3-7,9H2,1-2H3;1H3,(H,2,3,4). The van der Waals surface area contributed by atoms with E-state index in [1.807, 2.05) is 0 Å². The van der Waals surface area contributed by atoms with E-state index in [1.165, 1.54) is 44.2 Å². The molecule has 1 heterocycles. The Labute approximate surface area is 111 Å². The molecule has 5 heteroatoms. The Morgan fingerprint density at radius 1 is 1.22 bits per heavy atom. The molecule has 1 rings (SSSR count). The van der Waals surface area contributed by atoms with Gasteiger partial charge in [-0.05, 0) is 24.5 Å². The summed E-state index contributed by atoms with van der Waals surface area (Å²) in [5, 5.41) is 0. The Morgan fingerprint density at radius 3 is 2.33 bits per heavy atom. The minimum Gasteiger partial charge on any atom is -0.354 e. The summed E-state index contributed by atoms with van der Waals surface area (Å²) in [4.78, 5) is 0. The van der Waals surface area contributed by atoms with Crippen molar-refractivity contribution in [2.24, 2.45) is 0 Å². The Balaban J connectivity index is 0.000000494. The largest absolute Gasteiger partial charge is 0.354 e. The van der Waals surface area contributed by atoms with E-state index in [4.69, 9.17) is 4.55 Å². The molecule has 0 saturated heterocycles. The third-order valence-electron chi connectivity index (χ3n) is 2.37. The van der Waals surface area contributed by atoms with Crippen molar-refractivity contribution < 1.29 is 13.0 Å². The minimum absolute atomic E-state index is 0.715. The summed E-state index contributed by atoms with van der Waals surface area (Å²) in [6.07, 6.45) is 11.7. The molecule has 1 aromatic rings. The quantitative estimate of drug-likeness (QED) is 0.641. The van der Waals surface area contributed by atoms with Crippen molar-refractivity contribution in [1.82, 2.24) is 4.57 Å². The number of nitrogens with zero attached hydrogens (tertiary/aromatic N) is 1. The molecule has 0 saturated carbocycles. The Morgan fingerprint density at radius 2 is 1.83 bits per heavy atom. The summed E-state index contributed by atoms with van der Waals surface area (Å²) in [6, 6.07) is 2.25. The van der Waals surface area contributed by atoms with Crippen LogP contribution in [0.25, 0.3) is 0 Å². The molecule has 0 aliphatic heterocycles. The lowest BCUT2D eigenvalue weighted by molar-refractivity contribution is 0.490. The topological polar surface area (TPSA) is 59.3 Å². The zero-order valence-electron chi connectivity index (χ0n) is 11.6. The van der Waals surface area contributed by atoms with Gasteiger partial charge in [-0.2, -0.15) is 8.42 Å². The number of hydrogen-bond acceptors (Lipinski definition) is 2. The first kappa shape index (κ1) is 17.2. The third kappa shape index (κ3) is 11.7. The summed E-state index contributed by atoms with van der Waals surface area (Å²) < 4.78 is 28.2. The van der Waals surface area contributed by atoms with Gasteiger partial charge in [0, 0.05) is 18.9 Å². The fourth-order valence-corrected chi connectivity index (χ4v) is 1.61. The molecular weight excluding hydrogens is 250 g/mol. The van der Waals surface area contributed by atoms with Gasteiger partial charge in [0.05, 0.1) is 6.26 Å². The van der Waals surface area contributed by atoms with Crippen LogP contribution >= 0.6 is 0 Å². The van der Waals surface area contributed by atoms with Crippen molar-refractivity contribution in [3.8, 4) is 0 Å². The molecular formula is C13H25NO3S. The molecule has 0 spiro atoms. The van der Waals surface area contributed by atoms with Gasteiger partial charge in [0.2, 0.25) is 0 Å². The van der Waals surface area contributed by atoms with Crippen molar-refractivity contribution in [3.63, 3.8) is 0 Å². The predicted molar refractivity (Wildman–Crippen MR) is 75.4 cm³/mol. The van der Waals surface area contributed by atoms with Gasteiger partial charge in [-0.3, -0.25) is 4.55 Å². The van der Waals surface area contributed by atoms with E-state index in [0.29, 0.717) is 6.26 Å². The van der Waals surface area contributed by atoms with Crippen LogP contribution in [-0.2, 0) is 23.1 Å². The Bertz CT molecular complexity index is 402. The lowest BCUT2D eigenvalue weighted by Gasteiger charge is -2.00. The molecule has 0 aliphatic carbocycles. The highest BCUT2D eigenvalue weighted by Crippen LogP contribution is 2.06. The monoisotopic (exact) mass is 275 g/mol. The van der Waals surface area contributed by atoms with E-state index >= 15 is 0 Å². The fraction of sp³-hybridized carbons (Fsp3) is 0.692. The van der Waals surface area contributed by atoms with Crippen molar-refractivity contribution >= 4 is 10.1 Å². The van der Waals surface area contributed by atoms with Crippen molar-refractivity contribution in [2.75, 3.05) is 6.26 Å². The second kappa shape index (κ2) is 9.16. The van der Waals surface area contributed by atoms with Gasteiger partial charge < -0.3 is 4.57 Å². The predicted octanol–water partition coefficient (Wildman–Crippen LogP) is 3.13. The number of rotatable bonds is 6. The van der Waals surface area contributed by atoms with E-state index < -0.39 is 10.1 Å². The molecule has 0 fully saturated rings. The van der Waals surface area contributed by atoms with Crippen LogP contribution in [0.1, 0.15) is 45.1 Å². The summed E-state index contributed by atoms with van der Waals surface area (Å²) in [6.45, 7) is 5.67. The van der Waals surface area contributed by atoms with Crippen LogP contribution < -0.4 is 0 Å². The maximum Gasteiger partial charge on any atom is 0.261 e. The highest BCUT2D eigenvalue weighted by atomic mass is 32.2. The maximum absolute atomic E-state index is 9.19. The molecule has 0 bridgehead atoms. The number of hydrogen-bond donors (Lipinski definition) is 1. The van der Waals surface area contributed by atoms with Gasteiger partial charge in [0.25, 0.3) is 10.1 Å². The van der Waals surface area contributed by atoms with Gasteiger partial charge >= 0.3 is 0 Å². The van der Waals surface area contributed by atoms with Gasteiger partial charge in [0.15, 0.2) is 0 Å². The molecule has 0 amide bonds. The van der Waals surface area contributed by atoms with Crippen molar-refractivity contribution in [3.05, 3.63) is 24.0 Å². The molecule has 106 valence electrons. The smallest absolute Gasteiger partial charge is 0.261 e. The second-order valence-electron chi connectivity index (χ2n) is 4.45. The SMILES string of the molecule is CCCCCn1ccc(CCC)c1.CS(=O)(=O)O. The lowest BCUT2D eigenvalue weighted by atomic mass is 10.2. The normalized spacial score (nSPS) is 10.9. The van der Waals surface area contributed by atoms with E-state index in [0.717, 1.165) is 0 Å². The first-order valence-corrected chi connectivity index (χ1v) is 8.28. The summed E-state index contributed by atoms with van der Waals surface area (Å²) in [5.41, 5.74) is 1.49. The molecule has 0 unspecified atom stereocenters. The maximum atomic E-state index is 9.19. The molecule has 1 N–H and O–H groups in total. The van der Waals surface area contributed by atoms with Crippen LogP contribution in [0.3, 0.4) is 0 Å². The van der Waals surface area contributed by atoms with Crippen LogP contribution in [0.2, 0.25) is 0 Å². The van der Waals surface area contributed by atoms with Crippen LogP contribution in [0.4, 0.5) is 0 Å². The summed E-state index contributed by atoms with van der Waals surface area (Å²) in [7, 11) is -3.67. The molecule has 0 radical (unpaired) electrons. The third-order valence-corrected chi connectivity index (χ3v) is 2.37. The zero-order chi connectivity index (χ0) is 14.0. The zero-order valence-corrected chi connectivity index (χ0v) is 12.4. The van der Waals surface area contributed by atoms with Crippen LogP contribution in [0, 0.1) is 0 Å². The first-order valence-electron chi connectivity index (χ1n) is 6.44. The van der Waals surface area contributed by atoms with Crippen molar-refractivity contribution in [2.45, 2.75) is 52.5 Å². The molecule has 1 aromatic heterocycles. The fourth-order valence-electron chi connectivity index (χ4n) is 1.61. The molecule has 4 nitrogen and oxygen atoms in total. The van der Waals surface area contributed by atoms with E-state index in [9.17, 15) is 8.42 Å². The Hall–Kier alpha value is -0.810. The van der Waals surface area contributed by atoms with Gasteiger partial charge in [-0.25, -0.2) is 0 Å².